The molecule has 0 spiro atoms. The second kappa shape index (κ2) is 4.81. The van der Waals surface area contributed by atoms with Gasteiger partial charge in [0, 0.05) is 20.6 Å². The van der Waals surface area contributed by atoms with Crippen molar-refractivity contribution in [3.05, 3.63) is 18.9 Å². The first-order valence-corrected chi connectivity index (χ1v) is 2.39. The Morgan fingerprint density at radius 1 is 1.50 bits per heavy atom. The summed E-state index contributed by atoms with van der Waals surface area (Å²) < 4.78 is 9.53. The molecule has 0 aromatic heterocycles. The number of hydrogen-bond donors (Lipinski definition) is 0. The van der Waals surface area contributed by atoms with Gasteiger partial charge in [-0.1, -0.05) is 6.08 Å². The van der Waals surface area contributed by atoms with Crippen LogP contribution in [-0.2, 0) is 9.47 Å². The first-order valence-electron chi connectivity index (χ1n) is 2.39. The molecule has 0 saturated carbocycles. The summed E-state index contributed by atoms with van der Waals surface area (Å²) in [6.45, 7) is 3.52. The highest BCUT2D eigenvalue weighted by molar-refractivity contribution is 4.77. The van der Waals surface area contributed by atoms with E-state index in [0.717, 1.165) is 0 Å². The largest absolute Gasteiger partial charge is 0.348 e. The lowest BCUT2D eigenvalue weighted by Gasteiger charge is -2.06. The third kappa shape index (κ3) is 2.77. The smallest absolute Gasteiger partial charge is 0.227 e. The summed E-state index contributed by atoms with van der Waals surface area (Å²) in [5.41, 5.74) is 0. The van der Waals surface area contributed by atoms with Crippen LogP contribution in [0, 0.1) is 6.29 Å². The van der Waals surface area contributed by atoms with Crippen LogP contribution in [0.2, 0.25) is 0 Å². The molecule has 0 heterocycles. The highest BCUT2D eigenvalue weighted by atomic mass is 16.7. The SMILES string of the molecule is C=CC[C](OC)OC. The Balaban J connectivity index is 3.20. The van der Waals surface area contributed by atoms with E-state index in [1.54, 1.807) is 20.3 Å². The molecule has 0 saturated heterocycles. The van der Waals surface area contributed by atoms with Crippen LogP contribution < -0.4 is 0 Å². The molecular formula is C6H11O2. The van der Waals surface area contributed by atoms with Crippen LogP contribution in [0.5, 0.6) is 0 Å². The molecule has 0 aliphatic rings. The first kappa shape index (κ1) is 7.66. The van der Waals surface area contributed by atoms with Gasteiger partial charge in [0.2, 0.25) is 6.29 Å². The van der Waals surface area contributed by atoms with E-state index >= 15 is 0 Å². The molecule has 0 aromatic carbocycles. The molecule has 2 nitrogen and oxygen atoms in total. The van der Waals surface area contributed by atoms with Crippen LogP contribution in [-0.4, -0.2) is 14.2 Å². The van der Waals surface area contributed by atoms with Crippen molar-refractivity contribution in [2.75, 3.05) is 14.2 Å². The van der Waals surface area contributed by atoms with Gasteiger partial charge in [-0.2, -0.15) is 0 Å². The minimum absolute atomic E-state index is 0.597. The quantitative estimate of drug-likeness (QED) is 0.515. The molecular weight excluding hydrogens is 104 g/mol. The van der Waals surface area contributed by atoms with Crippen molar-refractivity contribution in [1.29, 1.82) is 0 Å². The maximum atomic E-state index is 4.76. The monoisotopic (exact) mass is 115 g/mol. The lowest BCUT2D eigenvalue weighted by molar-refractivity contribution is 0.00425. The predicted octanol–water partition coefficient (Wildman–Crippen LogP) is 1.34. The average molecular weight is 115 g/mol. The molecule has 0 N–H and O–H groups in total. The highest BCUT2D eigenvalue weighted by Gasteiger charge is 2.01. The van der Waals surface area contributed by atoms with Crippen molar-refractivity contribution < 1.29 is 9.47 Å². The average Bonchev–Trinajstić information content (AvgIpc) is 1.83. The van der Waals surface area contributed by atoms with Crippen molar-refractivity contribution in [3.63, 3.8) is 0 Å². The predicted molar refractivity (Wildman–Crippen MR) is 32.1 cm³/mol. The molecule has 0 amide bonds. The van der Waals surface area contributed by atoms with Gasteiger partial charge in [-0.15, -0.1) is 6.58 Å². The second-order valence-corrected chi connectivity index (χ2v) is 1.27. The highest BCUT2D eigenvalue weighted by Crippen LogP contribution is 2.05. The molecule has 0 aliphatic carbocycles. The maximum absolute atomic E-state index is 4.76. The molecule has 2 heteroatoms. The second-order valence-electron chi connectivity index (χ2n) is 1.27. The number of hydrogen-bond acceptors (Lipinski definition) is 2. The molecule has 0 unspecified atom stereocenters. The zero-order valence-corrected chi connectivity index (χ0v) is 5.31. The van der Waals surface area contributed by atoms with Gasteiger partial charge in [-0.3, -0.25) is 0 Å². The molecule has 1 radical (unpaired) electrons. The Morgan fingerprint density at radius 3 is 2.12 bits per heavy atom. The molecule has 0 aliphatic heterocycles. The fourth-order valence-electron chi connectivity index (χ4n) is 0.368. The number of ether oxygens (including phenoxy) is 2. The van der Waals surface area contributed by atoms with Gasteiger partial charge in [0.25, 0.3) is 0 Å². The fourth-order valence-corrected chi connectivity index (χ4v) is 0.368. The molecule has 0 rings (SSSR count). The van der Waals surface area contributed by atoms with E-state index in [9.17, 15) is 0 Å². The standard InChI is InChI=1S/C6H11O2/c1-4-5-6(7-2)8-3/h4H,1,5H2,2-3H3. The summed E-state index contributed by atoms with van der Waals surface area (Å²) in [4.78, 5) is 0. The van der Waals surface area contributed by atoms with Gasteiger partial charge in [0.05, 0.1) is 0 Å². The summed E-state index contributed by atoms with van der Waals surface area (Å²) in [7, 11) is 3.14. The number of methoxy groups -OCH3 is 2. The van der Waals surface area contributed by atoms with Gasteiger partial charge < -0.3 is 9.47 Å². The summed E-state index contributed by atoms with van der Waals surface area (Å²) in [6.07, 6.45) is 2.98. The normalized spacial score (nSPS) is 9.88. The van der Waals surface area contributed by atoms with Gasteiger partial charge in [0.15, 0.2) is 0 Å². The van der Waals surface area contributed by atoms with E-state index in [0.29, 0.717) is 12.7 Å². The zero-order chi connectivity index (χ0) is 6.41. The Bertz CT molecular complexity index is 57.5. The van der Waals surface area contributed by atoms with E-state index in [4.69, 9.17) is 9.47 Å². The van der Waals surface area contributed by atoms with Crippen LogP contribution in [0.3, 0.4) is 0 Å². The lowest BCUT2D eigenvalue weighted by atomic mass is 10.4. The van der Waals surface area contributed by atoms with E-state index in [1.807, 2.05) is 0 Å². The van der Waals surface area contributed by atoms with Crippen LogP contribution in [0.1, 0.15) is 6.42 Å². The Hall–Kier alpha value is -0.340. The van der Waals surface area contributed by atoms with Crippen molar-refractivity contribution in [2.24, 2.45) is 0 Å². The lowest BCUT2D eigenvalue weighted by Crippen LogP contribution is -2.00. The third-order valence-electron chi connectivity index (χ3n) is 0.766. The molecule has 0 aromatic rings. The first-order chi connectivity index (χ1) is 3.85. The summed E-state index contributed by atoms with van der Waals surface area (Å²) in [5.74, 6) is 0. The zero-order valence-electron chi connectivity index (χ0n) is 5.31. The molecule has 0 fully saturated rings. The number of rotatable bonds is 4. The van der Waals surface area contributed by atoms with E-state index in [1.165, 1.54) is 0 Å². The van der Waals surface area contributed by atoms with Gasteiger partial charge >= 0.3 is 0 Å². The van der Waals surface area contributed by atoms with E-state index < -0.39 is 0 Å². The Labute approximate surface area is 50.1 Å². The van der Waals surface area contributed by atoms with Crippen LogP contribution >= 0.6 is 0 Å². The minimum atomic E-state index is 0.597. The Morgan fingerprint density at radius 2 is 2.00 bits per heavy atom. The maximum Gasteiger partial charge on any atom is 0.227 e. The van der Waals surface area contributed by atoms with Crippen LogP contribution in [0.4, 0.5) is 0 Å². The van der Waals surface area contributed by atoms with Crippen molar-refractivity contribution >= 4 is 0 Å². The minimum Gasteiger partial charge on any atom is -0.348 e. The van der Waals surface area contributed by atoms with E-state index in [2.05, 4.69) is 6.58 Å². The molecule has 0 atom stereocenters. The van der Waals surface area contributed by atoms with Crippen LogP contribution in [0.15, 0.2) is 12.7 Å². The fraction of sp³-hybridized carbons (Fsp3) is 0.500. The third-order valence-corrected chi connectivity index (χ3v) is 0.766. The van der Waals surface area contributed by atoms with Gasteiger partial charge in [0.1, 0.15) is 0 Å². The molecule has 47 valence electrons. The topological polar surface area (TPSA) is 18.5 Å². The summed E-state index contributed by atoms with van der Waals surface area (Å²) >= 11 is 0. The van der Waals surface area contributed by atoms with Gasteiger partial charge in [-0.05, 0) is 0 Å². The molecule has 0 bridgehead atoms. The van der Waals surface area contributed by atoms with Crippen molar-refractivity contribution in [3.8, 4) is 0 Å². The molecule has 8 heavy (non-hydrogen) atoms. The van der Waals surface area contributed by atoms with E-state index in [-0.39, 0.29) is 0 Å². The van der Waals surface area contributed by atoms with Crippen molar-refractivity contribution in [1.82, 2.24) is 0 Å². The Kier molecular flexibility index (Phi) is 4.61. The summed E-state index contributed by atoms with van der Waals surface area (Å²) in [6, 6.07) is 0. The van der Waals surface area contributed by atoms with Crippen LogP contribution in [0.25, 0.3) is 0 Å². The van der Waals surface area contributed by atoms with Crippen molar-refractivity contribution in [2.45, 2.75) is 6.42 Å². The summed E-state index contributed by atoms with van der Waals surface area (Å²) in [5, 5.41) is 0. The van der Waals surface area contributed by atoms with Gasteiger partial charge in [-0.25, -0.2) is 0 Å².